The molecule has 0 unspecified atom stereocenters. The lowest BCUT2D eigenvalue weighted by molar-refractivity contribution is -0.127. The number of ether oxygens (including phenoxy) is 2. The molecule has 3 N–H and O–H groups in total. The molecular weight excluding hydrogens is 446 g/mol. The quantitative estimate of drug-likeness (QED) is 0.540. The van der Waals surface area contributed by atoms with Crippen molar-refractivity contribution in [3.05, 3.63) is 58.5 Å². The molecule has 2 aromatic carbocycles. The number of nitrogens with zero attached hydrogens (tertiary/aromatic N) is 1. The predicted octanol–water partition coefficient (Wildman–Crippen LogP) is 2.93. The van der Waals surface area contributed by atoms with Gasteiger partial charge in [0, 0.05) is 5.69 Å². The number of rotatable bonds is 9. The van der Waals surface area contributed by atoms with Crippen LogP contribution in [0.5, 0.6) is 11.5 Å². The summed E-state index contributed by atoms with van der Waals surface area (Å²) in [4.78, 5) is 48.6. The zero-order valence-electron chi connectivity index (χ0n) is 18.1. The fourth-order valence-electron chi connectivity index (χ4n) is 2.92. The van der Waals surface area contributed by atoms with E-state index < -0.39 is 23.6 Å². The topological polar surface area (TPSA) is 128 Å². The number of hydrogen-bond donors (Lipinski definition) is 2. The number of imide groups is 1. The van der Waals surface area contributed by atoms with Crippen LogP contribution in [0.2, 0.25) is 0 Å². The van der Waals surface area contributed by atoms with Crippen LogP contribution in [0, 0.1) is 6.92 Å². The monoisotopic (exact) mass is 469 g/mol. The molecule has 1 saturated heterocycles. The molecule has 1 heterocycles. The van der Waals surface area contributed by atoms with E-state index in [1.165, 1.54) is 6.08 Å². The van der Waals surface area contributed by atoms with Crippen LogP contribution in [-0.2, 0) is 14.4 Å². The Morgan fingerprint density at radius 2 is 1.82 bits per heavy atom. The molecule has 0 aromatic heterocycles. The summed E-state index contributed by atoms with van der Waals surface area (Å²) in [5.74, 6) is -0.950. The first-order valence-corrected chi connectivity index (χ1v) is 10.9. The third-order valence-electron chi connectivity index (χ3n) is 4.45. The summed E-state index contributed by atoms with van der Waals surface area (Å²) in [6.07, 6.45) is 1.52. The average Bonchev–Trinajstić information content (AvgIpc) is 3.02. The Kier molecular flexibility index (Phi) is 7.73. The minimum Gasteiger partial charge on any atom is -0.490 e. The normalized spacial score (nSPS) is 14.5. The molecule has 0 bridgehead atoms. The maximum absolute atomic E-state index is 12.4. The smallest absolute Gasteiger partial charge is 0.294 e. The first-order chi connectivity index (χ1) is 15.8. The van der Waals surface area contributed by atoms with Crippen molar-refractivity contribution in [1.29, 1.82) is 0 Å². The molecule has 1 fully saturated rings. The van der Waals surface area contributed by atoms with Gasteiger partial charge in [-0.05, 0) is 61.5 Å². The van der Waals surface area contributed by atoms with E-state index in [0.717, 1.165) is 22.2 Å². The third kappa shape index (κ3) is 6.36. The van der Waals surface area contributed by atoms with E-state index in [0.29, 0.717) is 29.4 Å². The molecule has 4 amide bonds. The minimum atomic E-state index is -0.773. The Morgan fingerprint density at radius 1 is 1.09 bits per heavy atom. The van der Waals surface area contributed by atoms with E-state index in [9.17, 15) is 19.2 Å². The first kappa shape index (κ1) is 23.9. The SMILES string of the molecule is CCOc1cc(/C=C2\SC(=O)N(CC(N)=O)C2=O)ccc1OCC(=O)Nc1ccc(C)cc1. The Balaban J connectivity index is 1.70. The van der Waals surface area contributed by atoms with Crippen molar-refractivity contribution < 1.29 is 28.7 Å². The van der Waals surface area contributed by atoms with E-state index in [4.69, 9.17) is 15.2 Å². The number of amides is 4. The number of benzene rings is 2. The van der Waals surface area contributed by atoms with Gasteiger partial charge in [0.05, 0.1) is 11.5 Å². The van der Waals surface area contributed by atoms with Crippen LogP contribution >= 0.6 is 11.8 Å². The van der Waals surface area contributed by atoms with Crippen molar-refractivity contribution in [2.75, 3.05) is 25.1 Å². The van der Waals surface area contributed by atoms with Gasteiger partial charge in [0.15, 0.2) is 18.1 Å². The van der Waals surface area contributed by atoms with Crippen molar-refractivity contribution in [3.8, 4) is 11.5 Å². The highest BCUT2D eigenvalue weighted by molar-refractivity contribution is 8.18. The standard InChI is InChI=1S/C23H23N3O6S/c1-3-31-18-10-15(11-19-22(29)26(12-20(24)27)23(30)33-19)6-9-17(18)32-13-21(28)25-16-7-4-14(2)5-8-16/h4-11H,3,12-13H2,1-2H3,(H2,24,27)(H,25,28)/b19-11-. The van der Waals surface area contributed by atoms with E-state index >= 15 is 0 Å². The number of aryl methyl sites for hydroxylation is 1. The summed E-state index contributed by atoms with van der Waals surface area (Å²) in [6.45, 7) is 3.42. The number of nitrogens with two attached hydrogens (primary N) is 1. The summed E-state index contributed by atoms with van der Waals surface area (Å²) in [7, 11) is 0. The fraction of sp³-hybridized carbons (Fsp3) is 0.217. The van der Waals surface area contributed by atoms with E-state index in [1.807, 2.05) is 19.1 Å². The summed E-state index contributed by atoms with van der Waals surface area (Å²) in [6, 6.07) is 12.3. The van der Waals surface area contributed by atoms with Crippen LogP contribution < -0.4 is 20.5 Å². The van der Waals surface area contributed by atoms with Crippen LogP contribution in [0.15, 0.2) is 47.4 Å². The number of primary amides is 1. The van der Waals surface area contributed by atoms with Gasteiger partial charge in [-0.2, -0.15) is 0 Å². The van der Waals surface area contributed by atoms with Gasteiger partial charge >= 0.3 is 0 Å². The number of hydrogen-bond acceptors (Lipinski definition) is 7. The highest BCUT2D eigenvalue weighted by Gasteiger charge is 2.35. The zero-order chi connectivity index (χ0) is 24.0. The van der Waals surface area contributed by atoms with Gasteiger partial charge in [0.1, 0.15) is 6.54 Å². The van der Waals surface area contributed by atoms with Gasteiger partial charge in [0.25, 0.3) is 17.1 Å². The maximum atomic E-state index is 12.4. The lowest BCUT2D eigenvalue weighted by Gasteiger charge is -2.13. The molecule has 1 aliphatic heterocycles. The molecule has 0 saturated carbocycles. The second-order valence-corrected chi connectivity index (χ2v) is 8.07. The van der Waals surface area contributed by atoms with Gasteiger partial charge in [-0.15, -0.1) is 0 Å². The highest BCUT2D eigenvalue weighted by atomic mass is 32.2. The minimum absolute atomic E-state index is 0.162. The highest BCUT2D eigenvalue weighted by Crippen LogP contribution is 2.34. The first-order valence-electron chi connectivity index (χ1n) is 10.1. The van der Waals surface area contributed by atoms with Crippen LogP contribution in [0.3, 0.4) is 0 Å². The van der Waals surface area contributed by atoms with Crippen LogP contribution in [0.25, 0.3) is 6.08 Å². The van der Waals surface area contributed by atoms with Gasteiger partial charge in [-0.3, -0.25) is 24.1 Å². The second kappa shape index (κ2) is 10.7. The molecule has 0 spiro atoms. The largest absolute Gasteiger partial charge is 0.490 e. The molecule has 2 aromatic rings. The fourth-order valence-corrected chi connectivity index (χ4v) is 3.76. The Hall–Kier alpha value is -3.79. The molecule has 0 radical (unpaired) electrons. The zero-order valence-corrected chi connectivity index (χ0v) is 18.9. The third-order valence-corrected chi connectivity index (χ3v) is 5.35. The Morgan fingerprint density at radius 3 is 2.48 bits per heavy atom. The van der Waals surface area contributed by atoms with Crippen molar-refractivity contribution in [2.45, 2.75) is 13.8 Å². The molecule has 172 valence electrons. The molecule has 10 heteroatoms. The van der Waals surface area contributed by atoms with Crippen molar-refractivity contribution in [1.82, 2.24) is 4.90 Å². The second-order valence-electron chi connectivity index (χ2n) is 7.08. The van der Waals surface area contributed by atoms with Crippen molar-refractivity contribution >= 4 is 46.5 Å². The number of anilines is 1. The Labute approximate surface area is 194 Å². The number of carbonyl (C=O) groups is 4. The molecule has 1 aliphatic rings. The summed E-state index contributed by atoms with van der Waals surface area (Å²) < 4.78 is 11.2. The molecule has 33 heavy (non-hydrogen) atoms. The van der Waals surface area contributed by atoms with Gasteiger partial charge in [-0.25, -0.2) is 0 Å². The molecular formula is C23H23N3O6S. The predicted molar refractivity (Wildman–Crippen MR) is 125 cm³/mol. The van der Waals surface area contributed by atoms with Gasteiger partial charge in [0.2, 0.25) is 5.91 Å². The molecule has 0 aliphatic carbocycles. The number of thioether (sulfide) groups is 1. The Bertz CT molecular complexity index is 1110. The molecule has 9 nitrogen and oxygen atoms in total. The van der Waals surface area contributed by atoms with Crippen LogP contribution in [0.4, 0.5) is 10.5 Å². The van der Waals surface area contributed by atoms with E-state index in [2.05, 4.69) is 5.32 Å². The van der Waals surface area contributed by atoms with E-state index in [1.54, 1.807) is 37.3 Å². The van der Waals surface area contributed by atoms with E-state index in [-0.39, 0.29) is 17.4 Å². The van der Waals surface area contributed by atoms with Crippen LogP contribution in [0.1, 0.15) is 18.1 Å². The summed E-state index contributed by atoms with van der Waals surface area (Å²) in [5, 5.41) is 2.19. The molecule has 0 atom stereocenters. The van der Waals surface area contributed by atoms with Crippen LogP contribution in [-0.4, -0.2) is 47.6 Å². The van der Waals surface area contributed by atoms with Crippen molar-refractivity contribution in [2.24, 2.45) is 5.73 Å². The lowest BCUT2D eigenvalue weighted by Crippen LogP contribution is -2.36. The number of carbonyl (C=O) groups excluding carboxylic acids is 4. The lowest BCUT2D eigenvalue weighted by atomic mass is 10.2. The average molecular weight is 470 g/mol. The van der Waals surface area contributed by atoms with Crippen molar-refractivity contribution in [3.63, 3.8) is 0 Å². The maximum Gasteiger partial charge on any atom is 0.294 e. The molecule has 3 rings (SSSR count). The van der Waals surface area contributed by atoms with Gasteiger partial charge < -0.3 is 20.5 Å². The summed E-state index contributed by atoms with van der Waals surface area (Å²) in [5.41, 5.74) is 7.43. The number of nitrogens with one attached hydrogen (secondary N) is 1. The van der Waals surface area contributed by atoms with Gasteiger partial charge in [-0.1, -0.05) is 23.8 Å². The summed E-state index contributed by atoms with van der Waals surface area (Å²) >= 11 is 0.724.